The van der Waals surface area contributed by atoms with E-state index in [-0.39, 0.29) is 11.4 Å². The molecule has 2 heterocycles. The second-order valence-electron chi connectivity index (χ2n) is 4.92. The van der Waals surface area contributed by atoms with Crippen LogP contribution in [0.1, 0.15) is 57.3 Å². The average molecular weight is 309 g/mol. The molecule has 0 radical (unpaired) electrons. The minimum atomic E-state index is -0.251. The van der Waals surface area contributed by atoms with Crippen molar-refractivity contribution in [2.75, 3.05) is 13.1 Å². The summed E-state index contributed by atoms with van der Waals surface area (Å²) in [5.41, 5.74) is 0.491. The summed E-state index contributed by atoms with van der Waals surface area (Å²) in [6.07, 6.45) is 2.38. The Hall–Kier alpha value is -0.920. The maximum Gasteiger partial charge on any atom is 0.170 e. The maximum atomic E-state index is 12.1. The van der Waals surface area contributed by atoms with Crippen molar-refractivity contribution in [3.8, 4) is 5.75 Å². The van der Waals surface area contributed by atoms with Crippen molar-refractivity contribution in [3.05, 3.63) is 29.8 Å². The monoisotopic (exact) mass is 309 g/mol. The van der Waals surface area contributed by atoms with Gasteiger partial charge in [-0.15, -0.1) is 0 Å². The van der Waals surface area contributed by atoms with Gasteiger partial charge in [0.25, 0.3) is 0 Å². The van der Waals surface area contributed by atoms with Crippen LogP contribution >= 0.6 is 9.39 Å². The van der Waals surface area contributed by atoms with Crippen LogP contribution in [0.25, 0.3) is 0 Å². The highest BCUT2D eigenvalue weighted by molar-refractivity contribution is 7.13. The number of fused-ring (bicyclic) bond motifs is 1. The van der Waals surface area contributed by atoms with E-state index in [9.17, 15) is 4.79 Å². The fourth-order valence-corrected chi connectivity index (χ4v) is 2.91. The molecule has 0 aromatic heterocycles. The van der Waals surface area contributed by atoms with Gasteiger partial charge >= 0.3 is 0 Å². The lowest BCUT2D eigenvalue weighted by Gasteiger charge is -2.42. The lowest BCUT2D eigenvalue weighted by atomic mass is 9.83. The number of carbonyl (C=O) groups excluding carboxylic acids is 1. The summed E-state index contributed by atoms with van der Waals surface area (Å²) >= 11 is 0. The second kappa shape index (κ2) is 8.51. The number of para-hydroxylation sites is 1. The van der Waals surface area contributed by atoms with Gasteiger partial charge in [0.1, 0.15) is 11.4 Å². The largest absolute Gasteiger partial charge is 0.486 e. The van der Waals surface area contributed by atoms with E-state index in [1.54, 1.807) is 0 Å². The van der Waals surface area contributed by atoms with Crippen LogP contribution in [-0.2, 0) is 0 Å². The lowest BCUT2D eigenvalue weighted by Crippen LogP contribution is -2.48. The molecule has 21 heavy (non-hydrogen) atoms. The summed E-state index contributed by atoms with van der Waals surface area (Å²) in [5.74, 6) is 0.991. The van der Waals surface area contributed by atoms with Gasteiger partial charge in [0, 0.05) is 25.9 Å². The highest BCUT2D eigenvalue weighted by Gasteiger charge is 2.42. The van der Waals surface area contributed by atoms with Crippen molar-refractivity contribution in [1.82, 2.24) is 4.67 Å². The molecule has 1 unspecified atom stereocenters. The van der Waals surface area contributed by atoms with Gasteiger partial charge in [-0.05, 0) is 12.1 Å². The first-order valence-electron chi connectivity index (χ1n) is 7.99. The molecule has 2 aliphatic rings. The van der Waals surface area contributed by atoms with Gasteiger partial charge in [0.05, 0.1) is 12.0 Å². The van der Waals surface area contributed by atoms with Crippen LogP contribution in [-0.4, -0.2) is 29.1 Å². The molecule has 1 saturated heterocycles. The molecule has 0 bridgehead atoms. The molecule has 0 saturated carbocycles. The van der Waals surface area contributed by atoms with Gasteiger partial charge in [-0.1, -0.05) is 49.2 Å². The smallest absolute Gasteiger partial charge is 0.170 e. The van der Waals surface area contributed by atoms with Crippen molar-refractivity contribution in [2.24, 2.45) is 0 Å². The van der Waals surface area contributed by atoms with E-state index in [1.807, 2.05) is 52.0 Å². The van der Waals surface area contributed by atoms with Gasteiger partial charge in [0.2, 0.25) is 0 Å². The third-order valence-corrected chi connectivity index (χ3v) is 4.22. The predicted molar refractivity (Wildman–Crippen MR) is 92.0 cm³/mol. The number of carbonyl (C=O) groups is 1. The van der Waals surface area contributed by atoms with Crippen LogP contribution in [0.3, 0.4) is 0 Å². The minimum absolute atomic E-state index is 0.226. The Labute approximate surface area is 131 Å². The Bertz CT molecular complexity index is 454. The van der Waals surface area contributed by atoms with E-state index in [0.29, 0.717) is 6.42 Å². The third-order valence-electron chi connectivity index (χ3n) is 3.71. The number of ether oxygens (including phenoxy) is 1. The molecule has 1 aromatic rings. The zero-order valence-corrected chi connectivity index (χ0v) is 14.8. The summed E-state index contributed by atoms with van der Waals surface area (Å²) in [6, 6.07) is 7.58. The van der Waals surface area contributed by atoms with Crippen molar-refractivity contribution in [1.29, 1.82) is 0 Å². The number of benzene rings is 1. The Balaban J connectivity index is 0.000000510. The maximum absolute atomic E-state index is 12.1. The molecule has 1 atom stereocenters. The van der Waals surface area contributed by atoms with E-state index < -0.39 is 0 Å². The molecule has 3 nitrogen and oxygen atoms in total. The quantitative estimate of drug-likeness (QED) is 0.668. The number of ketones is 1. The van der Waals surface area contributed by atoms with Crippen LogP contribution in [0.5, 0.6) is 5.75 Å². The molecular weight excluding hydrogens is 281 g/mol. The molecule has 1 fully saturated rings. The van der Waals surface area contributed by atoms with Crippen molar-refractivity contribution >= 4 is 15.2 Å². The van der Waals surface area contributed by atoms with Gasteiger partial charge in [-0.25, -0.2) is 0 Å². The first-order chi connectivity index (χ1) is 10.2. The van der Waals surface area contributed by atoms with E-state index in [4.69, 9.17) is 4.74 Å². The highest BCUT2D eigenvalue weighted by Crippen LogP contribution is 2.39. The molecule has 118 valence electrons. The standard InChI is InChI=1S/C13H16NO2P.2C2H6/c15-11-9-13(5-7-14(17)8-6-13)16-12-4-2-1-3-10(11)12;2*1-2/h1-4H,5-9,17H2;2*1-2H3. The summed E-state index contributed by atoms with van der Waals surface area (Å²) in [5, 5.41) is 0. The highest BCUT2D eigenvalue weighted by atomic mass is 31.0. The summed E-state index contributed by atoms with van der Waals surface area (Å²) in [6.45, 7) is 9.94. The molecule has 0 aliphatic carbocycles. The van der Waals surface area contributed by atoms with Gasteiger partial charge in [0.15, 0.2) is 5.78 Å². The fourth-order valence-electron chi connectivity index (χ4n) is 2.65. The summed E-state index contributed by atoms with van der Waals surface area (Å²) in [4.78, 5) is 12.1. The number of Topliss-reactive ketones (excluding diaryl/α,β-unsaturated/α-hetero) is 1. The lowest BCUT2D eigenvalue weighted by molar-refractivity contribution is 0.00709. The Morgan fingerprint density at radius 1 is 1.10 bits per heavy atom. The van der Waals surface area contributed by atoms with Crippen LogP contribution in [0.15, 0.2) is 24.3 Å². The van der Waals surface area contributed by atoms with Crippen molar-refractivity contribution < 1.29 is 9.53 Å². The zero-order valence-electron chi connectivity index (χ0n) is 13.7. The van der Waals surface area contributed by atoms with Crippen LogP contribution in [0, 0.1) is 0 Å². The fraction of sp³-hybridized carbons (Fsp3) is 0.588. The van der Waals surface area contributed by atoms with Crippen LogP contribution < -0.4 is 4.74 Å². The predicted octanol–water partition coefficient (Wildman–Crippen LogP) is 4.33. The van der Waals surface area contributed by atoms with Crippen LogP contribution in [0.4, 0.5) is 0 Å². The second-order valence-corrected chi connectivity index (χ2v) is 5.65. The van der Waals surface area contributed by atoms with Crippen molar-refractivity contribution in [3.63, 3.8) is 0 Å². The minimum Gasteiger partial charge on any atom is -0.486 e. The molecule has 1 spiro atoms. The number of hydrogen-bond acceptors (Lipinski definition) is 3. The SMILES string of the molecule is CC.CC.O=C1CC2(CCN(P)CC2)Oc2ccccc21. The Morgan fingerprint density at radius 2 is 1.67 bits per heavy atom. The summed E-state index contributed by atoms with van der Waals surface area (Å²) in [7, 11) is 2.72. The normalized spacial score (nSPS) is 19.4. The van der Waals surface area contributed by atoms with Crippen LogP contribution in [0.2, 0.25) is 0 Å². The van der Waals surface area contributed by atoms with Gasteiger partial charge in [-0.3, -0.25) is 9.46 Å². The van der Waals surface area contributed by atoms with Crippen molar-refractivity contribution in [2.45, 2.75) is 52.6 Å². The molecule has 3 rings (SSSR count). The first-order valence-corrected chi connectivity index (χ1v) is 8.51. The van der Waals surface area contributed by atoms with E-state index in [0.717, 1.165) is 37.2 Å². The third kappa shape index (κ3) is 4.28. The number of piperidine rings is 1. The molecule has 0 N–H and O–H groups in total. The number of hydrogen-bond donors (Lipinski definition) is 0. The number of nitrogens with zero attached hydrogens (tertiary/aromatic N) is 1. The molecular formula is C17H28NO2P. The van der Waals surface area contributed by atoms with E-state index in [1.165, 1.54) is 0 Å². The molecule has 0 amide bonds. The van der Waals surface area contributed by atoms with E-state index >= 15 is 0 Å². The first kappa shape index (κ1) is 18.1. The topological polar surface area (TPSA) is 29.5 Å². The van der Waals surface area contributed by atoms with E-state index in [2.05, 4.69) is 14.1 Å². The molecule has 4 heteroatoms. The average Bonchev–Trinajstić information content (AvgIpc) is 2.55. The Kier molecular flexibility index (Phi) is 7.34. The summed E-state index contributed by atoms with van der Waals surface area (Å²) < 4.78 is 8.33. The molecule has 2 aliphatic heterocycles. The molecule has 1 aromatic carbocycles. The zero-order chi connectivity index (χ0) is 15.9. The number of rotatable bonds is 0. The van der Waals surface area contributed by atoms with Gasteiger partial charge < -0.3 is 4.74 Å². The Morgan fingerprint density at radius 3 is 2.29 bits per heavy atom. The van der Waals surface area contributed by atoms with Gasteiger partial charge in [-0.2, -0.15) is 0 Å².